The number of nitrogens with zero attached hydrogens (tertiary/aromatic N) is 1. The van der Waals surface area contributed by atoms with E-state index in [2.05, 4.69) is 36.9 Å². The Morgan fingerprint density at radius 3 is 2.30 bits per heavy atom. The van der Waals surface area contributed by atoms with Crippen molar-refractivity contribution in [1.29, 1.82) is 0 Å². The highest BCUT2D eigenvalue weighted by Crippen LogP contribution is 2.27. The molecule has 0 amide bonds. The Morgan fingerprint density at radius 1 is 1.04 bits per heavy atom. The molecular formula is C20H29NO2. The van der Waals surface area contributed by atoms with Crippen LogP contribution in [0.5, 0.6) is 5.75 Å². The first-order valence-electron chi connectivity index (χ1n) is 8.48. The van der Waals surface area contributed by atoms with Gasteiger partial charge in [0, 0.05) is 30.4 Å². The maximum Gasteiger partial charge on any atom is 0.142 e. The first-order chi connectivity index (χ1) is 11.3. The number of ether oxygens (including phenoxy) is 1. The van der Waals surface area contributed by atoms with Crippen LogP contribution in [0.15, 0.2) is 36.4 Å². The lowest BCUT2D eigenvalue weighted by Gasteiger charge is -2.25. The number of hydrogen-bond acceptors (Lipinski definition) is 3. The van der Waals surface area contributed by atoms with Gasteiger partial charge in [0.05, 0.1) is 7.11 Å². The van der Waals surface area contributed by atoms with Crippen molar-refractivity contribution in [2.75, 3.05) is 25.1 Å². The van der Waals surface area contributed by atoms with Gasteiger partial charge in [0.2, 0.25) is 0 Å². The van der Waals surface area contributed by atoms with Crippen molar-refractivity contribution in [3.05, 3.63) is 42.0 Å². The molecule has 0 aliphatic heterocycles. The third-order valence-corrected chi connectivity index (χ3v) is 3.72. The minimum Gasteiger partial charge on any atom is -0.496 e. The van der Waals surface area contributed by atoms with E-state index in [-0.39, 0.29) is 0 Å². The number of unbranched alkanes of at least 4 members (excludes halogenated alkanes) is 2. The summed E-state index contributed by atoms with van der Waals surface area (Å²) in [6, 6.07) is 6.33. The summed E-state index contributed by atoms with van der Waals surface area (Å²) < 4.78 is 5.53. The molecule has 126 valence electrons. The van der Waals surface area contributed by atoms with Crippen LogP contribution >= 0.6 is 0 Å². The molecule has 0 N–H and O–H groups in total. The molecule has 3 heteroatoms. The maximum atomic E-state index is 10.3. The summed E-state index contributed by atoms with van der Waals surface area (Å²) in [6.07, 6.45) is 12.5. The van der Waals surface area contributed by atoms with Gasteiger partial charge in [-0.3, -0.25) is 4.79 Å². The van der Waals surface area contributed by atoms with E-state index in [1.54, 1.807) is 13.2 Å². The third-order valence-electron chi connectivity index (χ3n) is 3.72. The molecule has 1 aromatic carbocycles. The molecule has 0 aliphatic carbocycles. The van der Waals surface area contributed by atoms with E-state index in [4.69, 9.17) is 4.74 Å². The number of benzene rings is 1. The van der Waals surface area contributed by atoms with Crippen molar-refractivity contribution >= 4 is 18.0 Å². The third kappa shape index (κ3) is 6.72. The molecule has 0 radical (unpaired) electrons. The minimum atomic E-state index is 0.768. The topological polar surface area (TPSA) is 29.5 Å². The fraction of sp³-hybridized carbons (Fsp3) is 0.450. The van der Waals surface area contributed by atoms with Gasteiger partial charge in [0.25, 0.3) is 0 Å². The predicted octanol–water partition coefficient (Wildman–Crippen LogP) is 4.87. The quantitative estimate of drug-likeness (QED) is 0.331. The number of hydrogen-bond donors (Lipinski definition) is 0. The maximum absolute atomic E-state index is 10.3. The molecule has 0 spiro atoms. The zero-order chi connectivity index (χ0) is 16.9. The van der Waals surface area contributed by atoms with Crippen LogP contribution < -0.4 is 9.64 Å². The fourth-order valence-electron chi connectivity index (χ4n) is 2.37. The van der Waals surface area contributed by atoms with Gasteiger partial charge in [0.15, 0.2) is 0 Å². The summed E-state index contributed by atoms with van der Waals surface area (Å²) in [4.78, 5) is 12.7. The van der Waals surface area contributed by atoms with E-state index in [9.17, 15) is 4.79 Å². The van der Waals surface area contributed by atoms with E-state index in [0.717, 1.165) is 30.7 Å². The molecule has 0 heterocycles. The standard InChI is InChI=1S/C20H29NO2/c1-4-6-14-21(15-7-5-2)19-13-12-18(20(17-19)23-3)11-9-8-10-16-22/h8-13,16-17H,4-7,14-15H2,1-3H3/b10-8+,11-9+. The molecule has 1 aromatic rings. The van der Waals surface area contributed by atoms with Gasteiger partial charge in [0.1, 0.15) is 12.0 Å². The number of anilines is 1. The average molecular weight is 315 g/mol. The molecular weight excluding hydrogens is 286 g/mol. The Balaban J connectivity index is 2.95. The molecule has 23 heavy (non-hydrogen) atoms. The van der Waals surface area contributed by atoms with Crippen LogP contribution in [-0.4, -0.2) is 26.5 Å². The molecule has 0 fully saturated rings. The van der Waals surface area contributed by atoms with Crippen LogP contribution in [-0.2, 0) is 4.79 Å². The van der Waals surface area contributed by atoms with Crippen LogP contribution in [0.4, 0.5) is 5.69 Å². The van der Waals surface area contributed by atoms with Crippen LogP contribution in [0.3, 0.4) is 0 Å². The van der Waals surface area contributed by atoms with Crippen molar-refractivity contribution in [2.45, 2.75) is 39.5 Å². The highest BCUT2D eigenvalue weighted by atomic mass is 16.5. The highest BCUT2D eigenvalue weighted by molar-refractivity contribution is 5.68. The normalized spacial score (nSPS) is 11.3. The summed E-state index contributed by atoms with van der Waals surface area (Å²) in [5, 5.41) is 0. The number of carbonyl (C=O) groups is 1. The largest absolute Gasteiger partial charge is 0.496 e. The monoisotopic (exact) mass is 315 g/mol. The molecule has 0 atom stereocenters. The first kappa shape index (κ1) is 19.0. The Morgan fingerprint density at radius 2 is 1.74 bits per heavy atom. The van der Waals surface area contributed by atoms with E-state index in [0.29, 0.717) is 0 Å². The van der Waals surface area contributed by atoms with Gasteiger partial charge >= 0.3 is 0 Å². The van der Waals surface area contributed by atoms with Crippen LogP contribution in [0.2, 0.25) is 0 Å². The molecule has 3 nitrogen and oxygen atoms in total. The SMILES string of the molecule is CCCCN(CCCC)c1ccc(/C=C/C=C/C=O)c(OC)c1. The molecule has 0 bridgehead atoms. The second-order valence-corrected chi connectivity index (χ2v) is 5.50. The summed E-state index contributed by atoms with van der Waals surface area (Å²) in [5.74, 6) is 0.858. The smallest absolute Gasteiger partial charge is 0.142 e. The summed E-state index contributed by atoms with van der Waals surface area (Å²) >= 11 is 0. The minimum absolute atomic E-state index is 0.768. The van der Waals surface area contributed by atoms with Gasteiger partial charge in [-0.15, -0.1) is 0 Å². The van der Waals surface area contributed by atoms with E-state index in [1.807, 2.05) is 12.2 Å². The van der Waals surface area contributed by atoms with Crippen molar-refractivity contribution < 1.29 is 9.53 Å². The summed E-state index contributed by atoms with van der Waals surface area (Å²) in [6.45, 7) is 6.60. The Labute approximate surface area is 140 Å². The average Bonchev–Trinajstić information content (AvgIpc) is 2.59. The second-order valence-electron chi connectivity index (χ2n) is 5.50. The van der Waals surface area contributed by atoms with Crippen molar-refractivity contribution in [2.24, 2.45) is 0 Å². The van der Waals surface area contributed by atoms with Crippen LogP contribution in [0.25, 0.3) is 6.08 Å². The van der Waals surface area contributed by atoms with Crippen molar-refractivity contribution in [3.63, 3.8) is 0 Å². The van der Waals surface area contributed by atoms with Gasteiger partial charge in [-0.25, -0.2) is 0 Å². The molecule has 1 rings (SSSR count). The van der Waals surface area contributed by atoms with Gasteiger partial charge < -0.3 is 9.64 Å². The molecule has 0 saturated heterocycles. The summed E-state index contributed by atoms with van der Waals surface area (Å²) in [7, 11) is 1.69. The van der Waals surface area contributed by atoms with E-state index >= 15 is 0 Å². The predicted molar refractivity (Wildman–Crippen MR) is 99.3 cm³/mol. The fourth-order valence-corrected chi connectivity index (χ4v) is 2.37. The lowest BCUT2D eigenvalue weighted by atomic mass is 10.1. The van der Waals surface area contributed by atoms with Gasteiger partial charge in [-0.2, -0.15) is 0 Å². The molecule has 0 saturated carbocycles. The Kier molecular flexibility index (Phi) is 9.53. The Bertz CT molecular complexity index is 512. The molecule has 0 aliphatic rings. The Hall–Kier alpha value is -2.03. The lowest BCUT2D eigenvalue weighted by Crippen LogP contribution is -2.25. The lowest BCUT2D eigenvalue weighted by molar-refractivity contribution is -0.104. The van der Waals surface area contributed by atoms with Crippen molar-refractivity contribution in [3.8, 4) is 5.75 Å². The highest BCUT2D eigenvalue weighted by Gasteiger charge is 2.09. The van der Waals surface area contributed by atoms with E-state index < -0.39 is 0 Å². The van der Waals surface area contributed by atoms with Gasteiger partial charge in [-0.05, 0) is 31.1 Å². The number of rotatable bonds is 11. The zero-order valence-corrected chi connectivity index (χ0v) is 14.6. The zero-order valence-electron chi connectivity index (χ0n) is 14.6. The van der Waals surface area contributed by atoms with Crippen molar-refractivity contribution in [1.82, 2.24) is 0 Å². The number of aldehydes is 1. The number of methoxy groups -OCH3 is 1. The first-order valence-corrected chi connectivity index (χ1v) is 8.48. The number of carbonyl (C=O) groups excluding carboxylic acids is 1. The van der Waals surface area contributed by atoms with E-state index in [1.165, 1.54) is 37.4 Å². The molecule has 0 unspecified atom stereocenters. The summed E-state index contributed by atoms with van der Waals surface area (Å²) in [5.41, 5.74) is 2.22. The number of allylic oxidation sites excluding steroid dienone is 3. The van der Waals surface area contributed by atoms with Crippen LogP contribution in [0.1, 0.15) is 45.1 Å². The van der Waals surface area contributed by atoms with Crippen LogP contribution in [0, 0.1) is 0 Å². The molecule has 0 aromatic heterocycles. The van der Waals surface area contributed by atoms with Gasteiger partial charge in [-0.1, -0.05) is 44.9 Å². The second kappa shape index (κ2) is 11.5.